The second-order valence-corrected chi connectivity index (χ2v) is 8.34. The van der Waals surface area contributed by atoms with Gasteiger partial charge in [0.25, 0.3) is 5.91 Å². The van der Waals surface area contributed by atoms with E-state index in [1.165, 1.54) is 29.3 Å². The van der Waals surface area contributed by atoms with Crippen LogP contribution >= 0.6 is 23.1 Å². The Hall–Kier alpha value is -2.46. The van der Waals surface area contributed by atoms with Crippen LogP contribution < -0.4 is 10.6 Å². The number of nitrogens with one attached hydrogen (secondary N) is 2. The number of rotatable bonds is 4. The van der Waals surface area contributed by atoms with Gasteiger partial charge in [-0.2, -0.15) is 18.3 Å². The normalized spacial score (nSPS) is 18.8. The number of thiophene rings is 1. The fourth-order valence-corrected chi connectivity index (χ4v) is 4.69. The third-order valence-corrected chi connectivity index (χ3v) is 6.51. The molecule has 1 amide bonds. The van der Waals surface area contributed by atoms with Gasteiger partial charge in [0, 0.05) is 16.2 Å². The standard InChI is InChI=1S/C19H17F3N4OS2/c1-28-14-6-3-2-5-12(14)25-18(27)11-10-23-26-16(19(20,21)22)9-13(24-17(11)26)15-7-4-8-29-15/h2-8,10,13,16,24H,9H2,1H3,(H,25,27). The molecule has 1 aliphatic heterocycles. The second-order valence-electron chi connectivity index (χ2n) is 6.51. The molecule has 5 nitrogen and oxygen atoms in total. The molecule has 2 unspecified atom stereocenters. The second kappa shape index (κ2) is 7.75. The smallest absolute Gasteiger partial charge is 0.362 e. The summed E-state index contributed by atoms with van der Waals surface area (Å²) < 4.78 is 42.0. The molecule has 0 radical (unpaired) electrons. The number of aromatic nitrogens is 2. The first kappa shape index (κ1) is 19.8. The van der Waals surface area contributed by atoms with E-state index in [-0.39, 0.29) is 17.8 Å². The lowest BCUT2D eigenvalue weighted by Crippen LogP contribution is -2.36. The minimum Gasteiger partial charge on any atom is -0.362 e. The Bertz CT molecular complexity index is 1020. The van der Waals surface area contributed by atoms with Crippen LogP contribution in [0.5, 0.6) is 0 Å². The van der Waals surface area contributed by atoms with Gasteiger partial charge in [-0.1, -0.05) is 18.2 Å². The van der Waals surface area contributed by atoms with Crippen LogP contribution in [0, 0.1) is 0 Å². The van der Waals surface area contributed by atoms with E-state index in [4.69, 9.17) is 0 Å². The summed E-state index contributed by atoms with van der Waals surface area (Å²) in [5, 5.41) is 11.6. The molecule has 10 heteroatoms. The van der Waals surface area contributed by atoms with Gasteiger partial charge in [0.2, 0.25) is 0 Å². The number of thioether (sulfide) groups is 1. The molecule has 2 aromatic heterocycles. The molecular weight excluding hydrogens is 421 g/mol. The first-order valence-electron chi connectivity index (χ1n) is 8.77. The van der Waals surface area contributed by atoms with E-state index in [1.807, 2.05) is 23.8 Å². The average Bonchev–Trinajstić information content (AvgIpc) is 3.36. The zero-order valence-electron chi connectivity index (χ0n) is 15.2. The number of halogens is 3. The number of benzene rings is 1. The maximum atomic E-state index is 13.7. The molecule has 2 atom stereocenters. The van der Waals surface area contributed by atoms with E-state index in [2.05, 4.69) is 15.7 Å². The summed E-state index contributed by atoms with van der Waals surface area (Å²) in [6.45, 7) is 0. The molecule has 0 spiro atoms. The van der Waals surface area contributed by atoms with Gasteiger partial charge in [0.15, 0.2) is 6.04 Å². The van der Waals surface area contributed by atoms with Crippen molar-refractivity contribution in [2.75, 3.05) is 16.9 Å². The van der Waals surface area contributed by atoms with E-state index in [0.29, 0.717) is 5.69 Å². The van der Waals surface area contributed by atoms with Crippen molar-refractivity contribution in [1.29, 1.82) is 0 Å². The van der Waals surface area contributed by atoms with Gasteiger partial charge in [0.1, 0.15) is 11.4 Å². The van der Waals surface area contributed by atoms with Crippen molar-refractivity contribution in [3.63, 3.8) is 0 Å². The van der Waals surface area contributed by atoms with Crippen LogP contribution in [-0.2, 0) is 0 Å². The lowest BCUT2D eigenvalue weighted by atomic mass is 10.0. The lowest BCUT2D eigenvalue weighted by Gasteiger charge is -2.33. The van der Waals surface area contributed by atoms with Gasteiger partial charge in [-0.25, -0.2) is 4.68 Å². The van der Waals surface area contributed by atoms with E-state index in [0.717, 1.165) is 14.5 Å². The molecule has 0 saturated carbocycles. The zero-order chi connectivity index (χ0) is 20.6. The van der Waals surface area contributed by atoms with Crippen molar-refractivity contribution in [1.82, 2.24) is 9.78 Å². The van der Waals surface area contributed by atoms with Crippen molar-refractivity contribution in [2.24, 2.45) is 0 Å². The molecule has 29 heavy (non-hydrogen) atoms. The lowest BCUT2D eigenvalue weighted by molar-refractivity contribution is -0.173. The number of hydrogen-bond acceptors (Lipinski definition) is 5. The molecule has 3 heterocycles. The fourth-order valence-electron chi connectivity index (χ4n) is 3.34. The third-order valence-electron chi connectivity index (χ3n) is 4.72. The van der Waals surface area contributed by atoms with Crippen LogP contribution in [0.1, 0.15) is 33.7 Å². The molecule has 152 valence electrons. The highest BCUT2D eigenvalue weighted by Gasteiger charge is 2.47. The number of carbonyl (C=O) groups is 1. The summed E-state index contributed by atoms with van der Waals surface area (Å²) >= 11 is 2.85. The highest BCUT2D eigenvalue weighted by Crippen LogP contribution is 2.45. The van der Waals surface area contributed by atoms with E-state index < -0.39 is 24.2 Å². The highest BCUT2D eigenvalue weighted by atomic mass is 32.2. The van der Waals surface area contributed by atoms with Crippen molar-refractivity contribution in [3.8, 4) is 0 Å². The Labute approximate surface area is 173 Å². The summed E-state index contributed by atoms with van der Waals surface area (Å²) in [5.41, 5.74) is 0.680. The van der Waals surface area contributed by atoms with Crippen LogP contribution in [0.25, 0.3) is 0 Å². The molecule has 0 fully saturated rings. The maximum absolute atomic E-state index is 13.7. The van der Waals surface area contributed by atoms with Gasteiger partial charge >= 0.3 is 6.18 Å². The topological polar surface area (TPSA) is 59.0 Å². The molecule has 1 aromatic carbocycles. The van der Waals surface area contributed by atoms with Crippen molar-refractivity contribution < 1.29 is 18.0 Å². The number of fused-ring (bicyclic) bond motifs is 1. The summed E-state index contributed by atoms with van der Waals surface area (Å²) in [5.74, 6) is -0.427. The van der Waals surface area contributed by atoms with Crippen molar-refractivity contribution in [3.05, 3.63) is 58.4 Å². The Kier molecular flexibility index (Phi) is 5.30. The van der Waals surface area contributed by atoms with Gasteiger partial charge in [-0.3, -0.25) is 4.79 Å². The number of para-hydroxylation sites is 1. The van der Waals surface area contributed by atoms with E-state index in [9.17, 15) is 18.0 Å². The van der Waals surface area contributed by atoms with Gasteiger partial charge in [-0.15, -0.1) is 23.1 Å². The van der Waals surface area contributed by atoms with Crippen LogP contribution in [0.15, 0.2) is 52.9 Å². The zero-order valence-corrected chi connectivity index (χ0v) is 16.9. The summed E-state index contributed by atoms with van der Waals surface area (Å²) in [7, 11) is 0. The third kappa shape index (κ3) is 3.86. The first-order chi connectivity index (χ1) is 13.9. The predicted molar refractivity (Wildman–Crippen MR) is 109 cm³/mol. The Morgan fingerprint density at radius 1 is 1.31 bits per heavy atom. The molecule has 3 aromatic rings. The van der Waals surface area contributed by atoms with E-state index >= 15 is 0 Å². The monoisotopic (exact) mass is 438 g/mol. The highest BCUT2D eigenvalue weighted by molar-refractivity contribution is 7.98. The van der Waals surface area contributed by atoms with Crippen molar-refractivity contribution in [2.45, 2.75) is 29.6 Å². The summed E-state index contributed by atoms with van der Waals surface area (Å²) in [4.78, 5) is 14.5. The largest absolute Gasteiger partial charge is 0.410 e. The van der Waals surface area contributed by atoms with E-state index in [1.54, 1.807) is 24.3 Å². The Morgan fingerprint density at radius 2 is 2.10 bits per heavy atom. The minimum atomic E-state index is -4.47. The SMILES string of the molecule is CSc1ccccc1NC(=O)c1cnn2c1NC(c1cccs1)CC2C(F)(F)F. The van der Waals surface area contributed by atoms with Gasteiger partial charge < -0.3 is 10.6 Å². The molecule has 1 aliphatic rings. The predicted octanol–water partition coefficient (Wildman–Crippen LogP) is 5.58. The molecule has 0 bridgehead atoms. The van der Waals surface area contributed by atoms with Crippen LogP contribution in [0.2, 0.25) is 0 Å². The summed E-state index contributed by atoms with van der Waals surface area (Å²) in [6, 6.07) is 8.48. The van der Waals surface area contributed by atoms with Crippen LogP contribution in [0.3, 0.4) is 0 Å². The average molecular weight is 439 g/mol. The number of alkyl halides is 3. The quantitative estimate of drug-likeness (QED) is 0.522. The minimum absolute atomic E-state index is 0.0797. The number of hydrogen-bond donors (Lipinski definition) is 2. The number of nitrogens with zero attached hydrogens (tertiary/aromatic N) is 2. The number of carbonyl (C=O) groups excluding carboxylic acids is 1. The molecule has 0 saturated heterocycles. The van der Waals surface area contributed by atoms with Crippen LogP contribution in [-0.4, -0.2) is 28.1 Å². The number of anilines is 2. The Balaban J connectivity index is 1.69. The molecular formula is C19H17F3N4OS2. The number of amides is 1. The van der Waals surface area contributed by atoms with Crippen LogP contribution in [0.4, 0.5) is 24.7 Å². The first-order valence-corrected chi connectivity index (χ1v) is 10.9. The van der Waals surface area contributed by atoms with Crippen molar-refractivity contribution >= 4 is 40.5 Å². The Morgan fingerprint density at radius 3 is 2.79 bits per heavy atom. The molecule has 4 rings (SSSR count). The maximum Gasteiger partial charge on any atom is 0.410 e. The van der Waals surface area contributed by atoms with Gasteiger partial charge in [0.05, 0.1) is 17.9 Å². The fraction of sp³-hybridized carbons (Fsp3) is 0.263. The molecule has 2 N–H and O–H groups in total. The molecule has 0 aliphatic carbocycles. The summed E-state index contributed by atoms with van der Waals surface area (Å²) in [6.07, 6.45) is -1.59. The van der Waals surface area contributed by atoms with Gasteiger partial charge in [-0.05, 0) is 29.8 Å².